The average Bonchev–Trinajstić information content (AvgIpc) is 2.35. The molecule has 1 heterocycles. The number of pyridine rings is 1. The monoisotopic (exact) mass is 215 g/mol. The first-order valence-electron chi connectivity index (χ1n) is 5.57. The summed E-state index contributed by atoms with van der Waals surface area (Å²) in [6, 6.07) is 10.6. The first-order chi connectivity index (χ1) is 7.81. The van der Waals surface area contributed by atoms with Crippen molar-refractivity contribution >= 4 is 10.9 Å². The highest BCUT2D eigenvalue weighted by molar-refractivity contribution is 5.81. The van der Waals surface area contributed by atoms with Gasteiger partial charge < -0.3 is 11.1 Å². The molecule has 3 N–H and O–H groups in total. The average molecular weight is 215 g/mol. The Bertz CT molecular complexity index is 462. The second kappa shape index (κ2) is 5.05. The molecule has 3 nitrogen and oxygen atoms in total. The summed E-state index contributed by atoms with van der Waals surface area (Å²) in [6.45, 7) is 3.55. The molecule has 0 amide bonds. The number of benzene rings is 1. The minimum atomic E-state index is 0.332. The molecule has 0 radical (unpaired) electrons. The fraction of sp³-hybridized carbons (Fsp3) is 0.308. The Kier molecular flexibility index (Phi) is 3.49. The van der Waals surface area contributed by atoms with Crippen LogP contribution in [-0.2, 0) is 6.54 Å². The molecule has 0 aliphatic rings. The molecule has 1 aromatic carbocycles. The van der Waals surface area contributed by atoms with Crippen LogP contribution in [0.2, 0.25) is 0 Å². The van der Waals surface area contributed by atoms with Crippen LogP contribution < -0.4 is 11.1 Å². The summed E-state index contributed by atoms with van der Waals surface area (Å²) in [5.41, 5.74) is 7.86. The SMILES string of the molecule is C[C@@H](CN)NCc1cccc2cccnc12. The van der Waals surface area contributed by atoms with Crippen LogP contribution in [-0.4, -0.2) is 17.6 Å². The van der Waals surface area contributed by atoms with Crippen LogP contribution in [0, 0.1) is 0 Å². The number of hydrogen-bond acceptors (Lipinski definition) is 3. The summed E-state index contributed by atoms with van der Waals surface area (Å²) in [5.74, 6) is 0. The zero-order valence-corrected chi connectivity index (χ0v) is 9.48. The third-order valence-corrected chi connectivity index (χ3v) is 2.71. The predicted octanol–water partition coefficient (Wildman–Crippen LogP) is 1.67. The Hall–Kier alpha value is -1.45. The summed E-state index contributed by atoms with van der Waals surface area (Å²) in [4.78, 5) is 4.41. The van der Waals surface area contributed by atoms with Gasteiger partial charge >= 0.3 is 0 Å². The van der Waals surface area contributed by atoms with Gasteiger partial charge in [-0.05, 0) is 18.6 Å². The molecule has 2 rings (SSSR count). The number of fused-ring (bicyclic) bond motifs is 1. The van der Waals surface area contributed by atoms with Crippen molar-refractivity contribution in [2.24, 2.45) is 5.73 Å². The normalized spacial score (nSPS) is 12.9. The summed E-state index contributed by atoms with van der Waals surface area (Å²) in [6.07, 6.45) is 1.83. The smallest absolute Gasteiger partial charge is 0.0746 e. The van der Waals surface area contributed by atoms with Gasteiger partial charge in [0.05, 0.1) is 5.52 Å². The van der Waals surface area contributed by atoms with Gasteiger partial charge in [-0.25, -0.2) is 0 Å². The van der Waals surface area contributed by atoms with E-state index >= 15 is 0 Å². The number of nitrogens with zero attached hydrogens (tertiary/aromatic N) is 1. The van der Waals surface area contributed by atoms with Crippen LogP contribution in [0.3, 0.4) is 0 Å². The van der Waals surface area contributed by atoms with Gasteiger partial charge in [0.1, 0.15) is 0 Å². The zero-order chi connectivity index (χ0) is 11.4. The molecule has 0 bridgehead atoms. The van der Waals surface area contributed by atoms with Crippen molar-refractivity contribution in [3.8, 4) is 0 Å². The predicted molar refractivity (Wildman–Crippen MR) is 67.1 cm³/mol. The van der Waals surface area contributed by atoms with E-state index in [1.54, 1.807) is 0 Å². The van der Waals surface area contributed by atoms with E-state index in [4.69, 9.17) is 5.73 Å². The van der Waals surface area contributed by atoms with Crippen LogP contribution in [0.15, 0.2) is 36.5 Å². The van der Waals surface area contributed by atoms with Gasteiger partial charge in [0.2, 0.25) is 0 Å². The van der Waals surface area contributed by atoms with Gasteiger partial charge in [-0.2, -0.15) is 0 Å². The van der Waals surface area contributed by atoms with Gasteiger partial charge in [-0.1, -0.05) is 24.3 Å². The summed E-state index contributed by atoms with van der Waals surface area (Å²) in [5, 5.41) is 4.56. The standard InChI is InChI=1S/C13H17N3/c1-10(8-14)16-9-12-5-2-4-11-6-3-7-15-13(11)12/h2-7,10,16H,8-9,14H2,1H3/t10-/m0/s1. The molecule has 0 fully saturated rings. The number of nitrogens with one attached hydrogen (secondary N) is 1. The number of rotatable bonds is 4. The van der Waals surface area contributed by atoms with Crippen molar-refractivity contribution in [1.29, 1.82) is 0 Å². The van der Waals surface area contributed by atoms with Crippen molar-refractivity contribution < 1.29 is 0 Å². The van der Waals surface area contributed by atoms with E-state index in [1.807, 2.05) is 12.3 Å². The lowest BCUT2D eigenvalue weighted by molar-refractivity contribution is 0.557. The fourth-order valence-corrected chi connectivity index (χ4v) is 1.68. The summed E-state index contributed by atoms with van der Waals surface area (Å²) < 4.78 is 0. The molecule has 2 aromatic rings. The van der Waals surface area contributed by atoms with E-state index in [0.717, 1.165) is 12.1 Å². The molecule has 84 valence electrons. The second-order valence-corrected chi connectivity index (χ2v) is 4.01. The maximum Gasteiger partial charge on any atom is 0.0746 e. The van der Waals surface area contributed by atoms with Gasteiger partial charge in [0.15, 0.2) is 0 Å². The Morgan fingerprint density at radius 2 is 2.12 bits per heavy atom. The molecular formula is C13H17N3. The highest BCUT2D eigenvalue weighted by Crippen LogP contribution is 2.15. The zero-order valence-electron chi connectivity index (χ0n) is 9.48. The van der Waals surface area contributed by atoms with Crippen LogP contribution >= 0.6 is 0 Å². The molecule has 0 aliphatic heterocycles. The van der Waals surface area contributed by atoms with Gasteiger partial charge in [0, 0.05) is 30.7 Å². The van der Waals surface area contributed by atoms with Crippen LogP contribution in [0.5, 0.6) is 0 Å². The van der Waals surface area contributed by atoms with Crippen molar-refractivity contribution in [1.82, 2.24) is 10.3 Å². The lowest BCUT2D eigenvalue weighted by Gasteiger charge is -2.12. The minimum Gasteiger partial charge on any atom is -0.329 e. The molecule has 0 unspecified atom stereocenters. The van der Waals surface area contributed by atoms with E-state index in [9.17, 15) is 0 Å². The molecular weight excluding hydrogens is 198 g/mol. The summed E-state index contributed by atoms with van der Waals surface area (Å²) >= 11 is 0. The highest BCUT2D eigenvalue weighted by Gasteiger charge is 2.03. The Morgan fingerprint density at radius 3 is 2.94 bits per heavy atom. The minimum absolute atomic E-state index is 0.332. The number of hydrogen-bond donors (Lipinski definition) is 2. The molecule has 0 saturated carbocycles. The summed E-state index contributed by atoms with van der Waals surface area (Å²) in [7, 11) is 0. The third-order valence-electron chi connectivity index (χ3n) is 2.71. The molecule has 3 heteroatoms. The Balaban J connectivity index is 2.23. The van der Waals surface area contributed by atoms with Gasteiger partial charge in [-0.15, -0.1) is 0 Å². The molecule has 1 atom stereocenters. The quantitative estimate of drug-likeness (QED) is 0.815. The van der Waals surface area contributed by atoms with Gasteiger partial charge in [-0.3, -0.25) is 4.98 Å². The number of nitrogens with two attached hydrogens (primary N) is 1. The van der Waals surface area contributed by atoms with E-state index < -0.39 is 0 Å². The van der Waals surface area contributed by atoms with E-state index in [1.165, 1.54) is 10.9 Å². The maximum atomic E-state index is 5.57. The molecule has 1 aromatic heterocycles. The fourth-order valence-electron chi connectivity index (χ4n) is 1.68. The van der Waals surface area contributed by atoms with E-state index in [-0.39, 0.29) is 0 Å². The lowest BCUT2D eigenvalue weighted by Crippen LogP contribution is -2.32. The molecule has 0 aliphatic carbocycles. The molecule has 16 heavy (non-hydrogen) atoms. The second-order valence-electron chi connectivity index (χ2n) is 4.01. The first kappa shape index (κ1) is 11.0. The van der Waals surface area contributed by atoms with Crippen LogP contribution in [0.4, 0.5) is 0 Å². The maximum absolute atomic E-state index is 5.57. The Morgan fingerprint density at radius 1 is 1.31 bits per heavy atom. The first-order valence-corrected chi connectivity index (χ1v) is 5.57. The topological polar surface area (TPSA) is 50.9 Å². The van der Waals surface area contributed by atoms with Crippen LogP contribution in [0.25, 0.3) is 10.9 Å². The molecule has 0 saturated heterocycles. The van der Waals surface area contributed by atoms with Crippen molar-refractivity contribution in [3.05, 3.63) is 42.1 Å². The van der Waals surface area contributed by atoms with E-state index in [2.05, 4.69) is 41.5 Å². The van der Waals surface area contributed by atoms with Crippen molar-refractivity contribution in [3.63, 3.8) is 0 Å². The van der Waals surface area contributed by atoms with Crippen molar-refractivity contribution in [2.45, 2.75) is 19.5 Å². The number of aromatic nitrogens is 1. The van der Waals surface area contributed by atoms with Crippen LogP contribution in [0.1, 0.15) is 12.5 Å². The highest BCUT2D eigenvalue weighted by atomic mass is 14.9. The van der Waals surface area contributed by atoms with Gasteiger partial charge in [0.25, 0.3) is 0 Å². The lowest BCUT2D eigenvalue weighted by atomic mass is 10.1. The van der Waals surface area contributed by atoms with E-state index in [0.29, 0.717) is 12.6 Å². The number of para-hydroxylation sites is 1. The Labute approximate surface area is 95.7 Å². The van der Waals surface area contributed by atoms with Crippen molar-refractivity contribution in [2.75, 3.05) is 6.54 Å². The molecule has 0 spiro atoms. The third kappa shape index (κ3) is 2.38. The largest absolute Gasteiger partial charge is 0.329 e.